The second kappa shape index (κ2) is 5.69. The molecule has 7 heteroatoms. The van der Waals surface area contributed by atoms with Gasteiger partial charge in [-0.2, -0.15) is 5.10 Å². The van der Waals surface area contributed by atoms with E-state index in [0.29, 0.717) is 25.1 Å². The van der Waals surface area contributed by atoms with Gasteiger partial charge < -0.3 is 10.0 Å². The molecule has 0 bridgehead atoms. The first-order valence-corrected chi connectivity index (χ1v) is 7.64. The lowest BCUT2D eigenvalue weighted by molar-refractivity contribution is -0.143. The van der Waals surface area contributed by atoms with Crippen LogP contribution < -0.4 is 0 Å². The summed E-state index contributed by atoms with van der Waals surface area (Å²) in [4.78, 5) is 26.1. The van der Waals surface area contributed by atoms with Crippen LogP contribution in [0.4, 0.5) is 0 Å². The van der Waals surface area contributed by atoms with Gasteiger partial charge in [-0.05, 0) is 30.4 Å². The Hall–Kier alpha value is -2.15. The number of nitrogens with zero attached hydrogens (tertiary/aromatic N) is 2. The zero-order valence-corrected chi connectivity index (χ0v) is 12.1. The fourth-order valence-electron chi connectivity index (χ4n) is 2.51. The summed E-state index contributed by atoms with van der Waals surface area (Å²) in [5, 5.41) is 18.0. The van der Waals surface area contributed by atoms with Crippen molar-refractivity contribution in [2.75, 3.05) is 13.1 Å². The van der Waals surface area contributed by atoms with Gasteiger partial charge in [-0.15, -0.1) is 11.3 Å². The van der Waals surface area contributed by atoms with Crippen LogP contribution in [0.3, 0.4) is 0 Å². The number of likely N-dealkylation sites (tertiary alicyclic amines) is 1. The number of rotatable bonds is 3. The standard InChI is InChI=1S/C14H15N3O3S/c18-13(17-5-1-3-9(8-17)14(19)20)11-7-10(15-16-11)12-4-2-6-21-12/h2,4,6-7,9H,1,3,5,8H2,(H,15,16)(H,19,20)/t9-/m1/s1. The van der Waals surface area contributed by atoms with E-state index in [1.165, 1.54) is 0 Å². The summed E-state index contributed by atoms with van der Waals surface area (Å²) in [6, 6.07) is 5.61. The van der Waals surface area contributed by atoms with Gasteiger partial charge in [0.1, 0.15) is 0 Å². The number of nitrogens with one attached hydrogen (secondary N) is 1. The number of amides is 1. The lowest BCUT2D eigenvalue weighted by atomic mass is 9.98. The summed E-state index contributed by atoms with van der Waals surface area (Å²) >= 11 is 1.57. The molecule has 1 aliphatic heterocycles. The third-order valence-electron chi connectivity index (χ3n) is 3.64. The third-order valence-corrected chi connectivity index (χ3v) is 4.54. The first kappa shape index (κ1) is 13.8. The Morgan fingerprint density at radius 1 is 1.48 bits per heavy atom. The summed E-state index contributed by atoms with van der Waals surface area (Å²) in [6.45, 7) is 0.846. The average Bonchev–Trinajstić information content (AvgIpc) is 3.17. The highest BCUT2D eigenvalue weighted by Crippen LogP contribution is 2.24. The van der Waals surface area contributed by atoms with Crippen LogP contribution in [0, 0.1) is 5.92 Å². The maximum Gasteiger partial charge on any atom is 0.308 e. The number of aliphatic carboxylic acids is 1. The summed E-state index contributed by atoms with van der Waals surface area (Å²) in [5.41, 5.74) is 1.14. The largest absolute Gasteiger partial charge is 0.481 e. The molecular weight excluding hydrogens is 290 g/mol. The zero-order chi connectivity index (χ0) is 14.8. The molecule has 0 aliphatic carbocycles. The Labute approximate surface area is 125 Å². The first-order valence-electron chi connectivity index (χ1n) is 6.76. The Kier molecular flexibility index (Phi) is 3.74. The van der Waals surface area contributed by atoms with Crippen LogP contribution in [-0.4, -0.2) is 45.2 Å². The van der Waals surface area contributed by atoms with E-state index in [4.69, 9.17) is 5.11 Å². The quantitative estimate of drug-likeness (QED) is 0.909. The number of carboxylic acids is 1. The summed E-state index contributed by atoms with van der Waals surface area (Å²) < 4.78 is 0. The van der Waals surface area contributed by atoms with Crippen LogP contribution in [0.25, 0.3) is 10.6 Å². The van der Waals surface area contributed by atoms with Gasteiger partial charge in [0.05, 0.1) is 16.5 Å². The molecule has 1 fully saturated rings. The maximum absolute atomic E-state index is 12.4. The lowest BCUT2D eigenvalue weighted by Crippen LogP contribution is -2.42. The number of thiophene rings is 1. The van der Waals surface area contributed by atoms with Crippen molar-refractivity contribution in [2.45, 2.75) is 12.8 Å². The van der Waals surface area contributed by atoms with E-state index in [1.807, 2.05) is 17.5 Å². The van der Waals surface area contributed by atoms with Crippen LogP contribution in [0.5, 0.6) is 0 Å². The smallest absolute Gasteiger partial charge is 0.308 e. The second-order valence-electron chi connectivity index (χ2n) is 5.07. The number of carbonyl (C=O) groups is 2. The number of hydrogen-bond donors (Lipinski definition) is 2. The lowest BCUT2D eigenvalue weighted by Gasteiger charge is -2.30. The molecule has 2 aromatic heterocycles. The van der Waals surface area contributed by atoms with E-state index in [0.717, 1.165) is 10.6 Å². The predicted octanol–water partition coefficient (Wildman–Crippen LogP) is 2.08. The normalized spacial score (nSPS) is 18.7. The van der Waals surface area contributed by atoms with Gasteiger partial charge in [-0.3, -0.25) is 14.7 Å². The minimum atomic E-state index is -0.839. The Balaban J connectivity index is 1.74. The van der Waals surface area contributed by atoms with Gasteiger partial charge in [-0.25, -0.2) is 0 Å². The maximum atomic E-state index is 12.4. The molecule has 110 valence electrons. The molecule has 0 spiro atoms. The molecule has 1 amide bonds. The van der Waals surface area contributed by atoms with Gasteiger partial charge >= 0.3 is 5.97 Å². The minimum Gasteiger partial charge on any atom is -0.481 e. The SMILES string of the molecule is O=C(O)[C@@H]1CCCN(C(=O)c2cc(-c3cccs3)[nH]n2)C1. The number of aromatic nitrogens is 2. The zero-order valence-electron chi connectivity index (χ0n) is 11.3. The van der Waals surface area contributed by atoms with E-state index >= 15 is 0 Å². The Morgan fingerprint density at radius 3 is 3.05 bits per heavy atom. The highest BCUT2D eigenvalue weighted by molar-refractivity contribution is 7.13. The molecule has 1 atom stereocenters. The van der Waals surface area contributed by atoms with Crippen LogP contribution in [0.2, 0.25) is 0 Å². The van der Waals surface area contributed by atoms with Crippen molar-refractivity contribution in [3.05, 3.63) is 29.3 Å². The third kappa shape index (κ3) is 2.82. The van der Waals surface area contributed by atoms with Crippen LogP contribution in [0.1, 0.15) is 23.3 Å². The summed E-state index contributed by atoms with van der Waals surface area (Å²) in [5.74, 6) is -1.52. The first-order chi connectivity index (χ1) is 10.1. The van der Waals surface area contributed by atoms with E-state index in [9.17, 15) is 9.59 Å². The summed E-state index contributed by atoms with van der Waals surface area (Å²) in [7, 11) is 0. The molecule has 2 aromatic rings. The van der Waals surface area contributed by atoms with Gasteiger partial charge in [-0.1, -0.05) is 6.07 Å². The molecule has 21 heavy (non-hydrogen) atoms. The van der Waals surface area contributed by atoms with Crippen molar-refractivity contribution in [3.63, 3.8) is 0 Å². The molecule has 0 unspecified atom stereocenters. The van der Waals surface area contributed by atoms with Crippen molar-refractivity contribution >= 4 is 23.2 Å². The summed E-state index contributed by atoms with van der Waals surface area (Å²) in [6.07, 6.45) is 1.34. The highest BCUT2D eigenvalue weighted by Gasteiger charge is 2.29. The number of piperidine rings is 1. The topological polar surface area (TPSA) is 86.3 Å². The number of H-pyrrole nitrogens is 1. The fraction of sp³-hybridized carbons (Fsp3) is 0.357. The monoisotopic (exact) mass is 305 g/mol. The van der Waals surface area contributed by atoms with E-state index in [2.05, 4.69) is 10.2 Å². The van der Waals surface area contributed by atoms with Crippen molar-refractivity contribution < 1.29 is 14.7 Å². The van der Waals surface area contributed by atoms with Gasteiger partial charge in [0, 0.05) is 13.1 Å². The molecule has 2 N–H and O–H groups in total. The molecular formula is C14H15N3O3S. The van der Waals surface area contributed by atoms with E-state index < -0.39 is 11.9 Å². The number of aromatic amines is 1. The van der Waals surface area contributed by atoms with Crippen LogP contribution in [0.15, 0.2) is 23.6 Å². The minimum absolute atomic E-state index is 0.208. The van der Waals surface area contributed by atoms with Crippen molar-refractivity contribution in [1.29, 1.82) is 0 Å². The van der Waals surface area contributed by atoms with Gasteiger partial charge in [0.25, 0.3) is 5.91 Å². The molecule has 1 saturated heterocycles. The average molecular weight is 305 g/mol. The van der Waals surface area contributed by atoms with Crippen LogP contribution in [-0.2, 0) is 4.79 Å². The van der Waals surface area contributed by atoms with E-state index in [1.54, 1.807) is 22.3 Å². The number of carboxylic acid groups (broad SMARTS) is 1. The van der Waals surface area contributed by atoms with Crippen molar-refractivity contribution in [3.8, 4) is 10.6 Å². The number of hydrogen-bond acceptors (Lipinski definition) is 4. The molecule has 3 heterocycles. The van der Waals surface area contributed by atoms with Crippen LogP contribution >= 0.6 is 11.3 Å². The molecule has 0 radical (unpaired) electrons. The predicted molar refractivity (Wildman–Crippen MR) is 78.2 cm³/mol. The molecule has 6 nitrogen and oxygen atoms in total. The van der Waals surface area contributed by atoms with Crippen molar-refractivity contribution in [1.82, 2.24) is 15.1 Å². The molecule has 3 rings (SSSR count). The molecule has 1 aliphatic rings. The van der Waals surface area contributed by atoms with Crippen molar-refractivity contribution in [2.24, 2.45) is 5.92 Å². The highest BCUT2D eigenvalue weighted by atomic mass is 32.1. The van der Waals surface area contributed by atoms with Gasteiger partial charge in [0.15, 0.2) is 5.69 Å². The number of carbonyl (C=O) groups excluding carboxylic acids is 1. The van der Waals surface area contributed by atoms with E-state index in [-0.39, 0.29) is 12.5 Å². The molecule has 0 saturated carbocycles. The Morgan fingerprint density at radius 2 is 2.33 bits per heavy atom. The van der Waals surface area contributed by atoms with Gasteiger partial charge in [0.2, 0.25) is 0 Å². The second-order valence-corrected chi connectivity index (χ2v) is 6.02. The Bertz CT molecular complexity index is 650. The fourth-order valence-corrected chi connectivity index (χ4v) is 3.21. The molecule has 0 aromatic carbocycles.